The summed E-state index contributed by atoms with van der Waals surface area (Å²) in [7, 11) is 0. The second-order valence-corrected chi connectivity index (χ2v) is 7.78. The number of benzene rings is 4. The Hall–Kier alpha value is -4.58. The van der Waals surface area contributed by atoms with Crippen molar-refractivity contribution in [2.24, 2.45) is 0 Å². The minimum absolute atomic E-state index is 0.428. The Kier molecular flexibility index (Phi) is 7.98. The number of rotatable bonds is 8. The van der Waals surface area contributed by atoms with Crippen LogP contribution in [0.2, 0.25) is 0 Å². The lowest BCUT2D eigenvalue weighted by Gasteiger charge is -2.28. The molecule has 0 aliphatic rings. The zero-order valence-electron chi connectivity index (χ0n) is 20.3. The lowest BCUT2D eigenvalue weighted by Crippen LogP contribution is -2.41. The molecule has 0 aliphatic heterocycles. The van der Waals surface area contributed by atoms with Gasteiger partial charge in [0.05, 0.1) is 18.9 Å². The zero-order valence-corrected chi connectivity index (χ0v) is 20.3. The van der Waals surface area contributed by atoms with Crippen molar-refractivity contribution in [3.63, 3.8) is 0 Å². The molecular weight excluding hydrogens is 452 g/mol. The van der Waals surface area contributed by atoms with Crippen LogP contribution in [0, 0.1) is 0 Å². The Morgan fingerprint density at radius 1 is 0.528 bits per heavy atom. The van der Waals surface area contributed by atoms with Crippen LogP contribution in [0.25, 0.3) is 0 Å². The van der Waals surface area contributed by atoms with E-state index in [0.717, 1.165) is 0 Å². The standard InChI is InChI=1S/C30H28N2O4/c1-3-35-27-21-20-26(22-28(27)36-4-2)32(25-18-12-7-13-19-25)30(34)29(33)31(23-14-8-5-9-15-23)24-16-10-6-11-17-24/h5-22H,3-4H2,1-2H3. The van der Waals surface area contributed by atoms with E-state index < -0.39 is 11.8 Å². The van der Waals surface area contributed by atoms with Crippen molar-refractivity contribution in [2.45, 2.75) is 13.8 Å². The summed E-state index contributed by atoms with van der Waals surface area (Å²) >= 11 is 0. The fourth-order valence-corrected chi connectivity index (χ4v) is 3.87. The van der Waals surface area contributed by atoms with Gasteiger partial charge >= 0.3 is 11.8 Å². The molecule has 182 valence electrons. The number of hydrogen-bond acceptors (Lipinski definition) is 4. The number of amides is 2. The molecule has 0 radical (unpaired) electrons. The largest absolute Gasteiger partial charge is 0.490 e. The molecule has 6 nitrogen and oxygen atoms in total. The average molecular weight is 481 g/mol. The van der Waals surface area contributed by atoms with Gasteiger partial charge in [-0.05, 0) is 62.4 Å². The van der Waals surface area contributed by atoms with Crippen molar-refractivity contribution >= 4 is 34.6 Å². The summed E-state index contributed by atoms with van der Waals surface area (Å²) in [6, 6.07) is 32.6. The molecular formula is C30H28N2O4. The monoisotopic (exact) mass is 480 g/mol. The summed E-state index contributed by atoms with van der Waals surface area (Å²) in [5.74, 6) is -0.324. The highest BCUT2D eigenvalue weighted by molar-refractivity contribution is 6.47. The molecule has 36 heavy (non-hydrogen) atoms. The number of para-hydroxylation sites is 3. The van der Waals surface area contributed by atoms with E-state index in [-0.39, 0.29) is 0 Å². The van der Waals surface area contributed by atoms with Crippen LogP contribution in [0.15, 0.2) is 109 Å². The van der Waals surface area contributed by atoms with Crippen LogP contribution in [0.4, 0.5) is 22.7 Å². The molecule has 4 aromatic carbocycles. The molecule has 0 N–H and O–H groups in total. The van der Waals surface area contributed by atoms with Crippen LogP contribution in [0.3, 0.4) is 0 Å². The van der Waals surface area contributed by atoms with Crippen molar-refractivity contribution in [1.29, 1.82) is 0 Å². The van der Waals surface area contributed by atoms with E-state index in [0.29, 0.717) is 47.5 Å². The van der Waals surface area contributed by atoms with Crippen LogP contribution in [-0.4, -0.2) is 25.0 Å². The fraction of sp³-hybridized carbons (Fsp3) is 0.133. The summed E-state index contributed by atoms with van der Waals surface area (Å²) in [6.45, 7) is 4.67. The topological polar surface area (TPSA) is 59.1 Å². The number of nitrogens with zero attached hydrogens (tertiary/aromatic N) is 2. The van der Waals surface area contributed by atoms with E-state index in [1.807, 2.05) is 68.4 Å². The Morgan fingerprint density at radius 2 is 0.917 bits per heavy atom. The fourth-order valence-electron chi connectivity index (χ4n) is 3.87. The minimum Gasteiger partial charge on any atom is -0.490 e. The van der Waals surface area contributed by atoms with Crippen LogP contribution >= 0.6 is 0 Å². The molecule has 0 bridgehead atoms. The molecule has 0 heterocycles. The Bertz CT molecular complexity index is 1260. The second kappa shape index (κ2) is 11.7. The van der Waals surface area contributed by atoms with Gasteiger partial charge in [-0.15, -0.1) is 0 Å². The van der Waals surface area contributed by atoms with Crippen LogP contribution in [0.1, 0.15) is 13.8 Å². The molecule has 0 saturated carbocycles. The van der Waals surface area contributed by atoms with Gasteiger partial charge in [-0.2, -0.15) is 0 Å². The summed E-state index contributed by atoms with van der Waals surface area (Å²) in [4.78, 5) is 30.7. The van der Waals surface area contributed by atoms with E-state index >= 15 is 0 Å². The van der Waals surface area contributed by atoms with Crippen molar-refractivity contribution in [2.75, 3.05) is 23.0 Å². The van der Waals surface area contributed by atoms with Crippen molar-refractivity contribution < 1.29 is 19.1 Å². The lowest BCUT2D eigenvalue weighted by molar-refractivity contribution is -0.135. The van der Waals surface area contributed by atoms with Gasteiger partial charge in [-0.3, -0.25) is 19.4 Å². The number of hydrogen-bond donors (Lipinski definition) is 0. The first kappa shape index (κ1) is 24.5. The highest BCUT2D eigenvalue weighted by Gasteiger charge is 2.31. The second-order valence-electron chi connectivity index (χ2n) is 7.78. The van der Waals surface area contributed by atoms with Crippen molar-refractivity contribution in [3.05, 3.63) is 109 Å². The number of ether oxygens (including phenoxy) is 2. The molecule has 0 unspecified atom stereocenters. The zero-order chi connectivity index (χ0) is 25.3. The predicted octanol–water partition coefficient (Wildman–Crippen LogP) is 6.51. The van der Waals surface area contributed by atoms with Gasteiger partial charge < -0.3 is 9.47 Å². The summed E-state index contributed by atoms with van der Waals surface area (Å²) in [5, 5.41) is 0. The average Bonchev–Trinajstić information content (AvgIpc) is 2.92. The first-order valence-electron chi connectivity index (χ1n) is 11.9. The van der Waals surface area contributed by atoms with Gasteiger partial charge in [-0.25, -0.2) is 0 Å². The maximum Gasteiger partial charge on any atom is 0.321 e. The number of carbonyl (C=O) groups excluding carboxylic acids is 2. The van der Waals surface area contributed by atoms with Gasteiger partial charge in [0.1, 0.15) is 0 Å². The number of carbonyl (C=O) groups is 2. The molecule has 0 saturated heterocycles. The molecule has 2 amide bonds. The van der Waals surface area contributed by atoms with E-state index in [9.17, 15) is 9.59 Å². The van der Waals surface area contributed by atoms with E-state index in [2.05, 4.69) is 0 Å². The SMILES string of the molecule is CCOc1ccc(N(C(=O)C(=O)N(c2ccccc2)c2ccccc2)c2ccccc2)cc1OCC. The highest BCUT2D eigenvalue weighted by atomic mass is 16.5. The first-order chi connectivity index (χ1) is 17.6. The molecule has 0 fully saturated rings. The normalized spacial score (nSPS) is 10.4. The lowest BCUT2D eigenvalue weighted by atomic mass is 10.2. The third-order valence-electron chi connectivity index (χ3n) is 5.42. The van der Waals surface area contributed by atoms with Crippen LogP contribution < -0.4 is 19.3 Å². The summed E-state index contributed by atoms with van der Waals surface area (Å²) in [5.41, 5.74) is 2.24. The maximum atomic E-state index is 14.0. The summed E-state index contributed by atoms with van der Waals surface area (Å²) in [6.07, 6.45) is 0. The van der Waals surface area contributed by atoms with E-state index in [4.69, 9.17) is 9.47 Å². The van der Waals surface area contributed by atoms with Crippen molar-refractivity contribution in [1.82, 2.24) is 0 Å². The quantitative estimate of drug-likeness (QED) is 0.270. The van der Waals surface area contributed by atoms with Crippen molar-refractivity contribution in [3.8, 4) is 11.5 Å². The smallest absolute Gasteiger partial charge is 0.321 e. The van der Waals surface area contributed by atoms with E-state index in [1.54, 1.807) is 54.6 Å². The van der Waals surface area contributed by atoms with Gasteiger partial charge in [0.25, 0.3) is 0 Å². The molecule has 4 aromatic rings. The molecule has 0 aliphatic carbocycles. The molecule has 6 heteroatoms. The highest BCUT2D eigenvalue weighted by Crippen LogP contribution is 2.36. The van der Waals surface area contributed by atoms with Gasteiger partial charge in [0.15, 0.2) is 11.5 Å². The minimum atomic E-state index is -0.708. The summed E-state index contributed by atoms with van der Waals surface area (Å²) < 4.78 is 11.5. The molecule has 0 spiro atoms. The molecule has 0 atom stereocenters. The third-order valence-corrected chi connectivity index (χ3v) is 5.42. The Labute approximate surface area is 211 Å². The number of anilines is 4. The van der Waals surface area contributed by atoms with Gasteiger partial charge in [0, 0.05) is 23.1 Å². The Balaban J connectivity index is 1.81. The first-order valence-corrected chi connectivity index (χ1v) is 11.9. The molecule has 0 aromatic heterocycles. The predicted molar refractivity (Wildman–Crippen MR) is 142 cm³/mol. The van der Waals surface area contributed by atoms with E-state index in [1.165, 1.54) is 9.80 Å². The van der Waals surface area contributed by atoms with Gasteiger partial charge in [0.2, 0.25) is 0 Å². The third kappa shape index (κ3) is 5.39. The Morgan fingerprint density at radius 3 is 1.33 bits per heavy atom. The molecule has 4 rings (SSSR count). The maximum absolute atomic E-state index is 14.0. The van der Waals surface area contributed by atoms with Crippen LogP contribution in [-0.2, 0) is 9.59 Å². The van der Waals surface area contributed by atoms with Crippen LogP contribution in [0.5, 0.6) is 11.5 Å². The van der Waals surface area contributed by atoms with Gasteiger partial charge in [-0.1, -0.05) is 54.6 Å².